The molecule has 4 unspecified atom stereocenters. The van der Waals surface area contributed by atoms with Gasteiger partial charge in [0.2, 0.25) is 0 Å². The van der Waals surface area contributed by atoms with Gasteiger partial charge in [-0.05, 0) is 55.1 Å². The van der Waals surface area contributed by atoms with Gasteiger partial charge in [-0.2, -0.15) is 0 Å². The smallest absolute Gasteiger partial charge is 0.0325 e. The molecule has 0 spiro atoms. The molecule has 3 rings (SSSR count). The monoisotopic (exact) mass is 271 g/mol. The summed E-state index contributed by atoms with van der Waals surface area (Å²) in [5.74, 6) is 1.67. The Morgan fingerprint density at radius 1 is 0.850 bits per heavy atom. The highest BCUT2D eigenvalue weighted by Gasteiger charge is 2.26. The van der Waals surface area contributed by atoms with Crippen LogP contribution in [0.4, 0.5) is 0 Å². The van der Waals surface area contributed by atoms with Gasteiger partial charge >= 0.3 is 0 Å². The van der Waals surface area contributed by atoms with Crippen molar-refractivity contribution in [3.05, 3.63) is 35.4 Å². The van der Waals surface area contributed by atoms with Crippen molar-refractivity contribution < 1.29 is 0 Å². The largest absolute Gasteiger partial charge is 0.307 e. The molecule has 20 heavy (non-hydrogen) atoms. The molecule has 0 heterocycles. The fourth-order valence-electron chi connectivity index (χ4n) is 4.12. The molecule has 2 aliphatic carbocycles. The minimum absolute atomic E-state index is 0.598. The van der Waals surface area contributed by atoms with Crippen LogP contribution in [0.3, 0.4) is 0 Å². The van der Waals surface area contributed by atoms with Gasteiger partial charge in [-0.15, -0.1) is 0 Å². The average molecular weight is 271 g/mol. The fourth-order valence-corrected chi connectivity index (χ4v) is 4.12. The Hall–Kier alpha value is -0.820. The van der Waals surface area contributed by atoms with Gasteiger partial charge in [0.1, 0.15) is 0 Å². The molecular weight excluding hydrogens is 242 g/mol. The predicted molar refractivity (Wildman–Crippen MR) is 86.0 cm³/mol. The molecule has 1 saturated carbocycles. The van der Waals surface area contributed by atoms with E-state index in [4.69, 9.17) is 0 Å². The van der Waals surface area contributed by atoms with Crippen molar-refractivity contribution in [1.29, 1.82) is 0 Å². The fraction of sp³-hybridized carbons (Fsp3) is 0.684. The first kappa shape index (κ1) is 14.1. The van der Waals surface area contributed by atoms with Crippen LogP contribution < -0.4 is 5.32 Å². The van der Waals surface area contributed by atoms with Crippen LogP contribution in [0.2, 0.25) is 0 Å². The standard InChI is InChI=1S/C19H29N/c1-14-6-5-7-16(12-10-14)20-19-13-11-15(2)17-8-3-4-9-18(17)19/h3-4,8-9,14-16,19-20H,5-7,10-13H2,1-2H3. The summed E-state index contributed by atoms with van der Waals surface area (Å²) in [6.45, 7) is 4.79. The van der Waals surface area contributed by atoms with Crippen LogP contribution >= 0.6 is 0 Å². The molecule has 1 fully saturated rings. The molecule has 1 heteroatoms. The maximum atomic E-state index is 4.00. The first-order chi connectivity index (χ1) is 9.74. The van der Waals surface area contributed by atoms with E-state index in [1.54, 1.807) is 11.1 Å². The Morgan fingerprint density at radius 3 is 2.50 bits per heavy atom. The first-order valence-electron chi connectivity index (χ1n) is 8.59. The number of benzene rings is 1. The van der Waals surface area contributed by atoms with Crippen molar-refractivity contribution in [1.82, 2.24) is 5.32 Å². The normalized spacial score (nSPS) is 34.3. The molecule has 4 atom stereocenters. The summed E-state index contributed by atoms with van der Waals surface area (Å²) < 4.78 is 0. The topological polar surface area (TPSA) is 12.0 Å². The molecule has 110 valence electrons. The molecule has 1 nitrogen and oxygen atoms in total. The molecule has 1 aromatic carbocycles. The Balaban J connectivity index is 1.70. The maximum Gasteiger partial charge on any atom is 0.0325 e. The van der Waals surface area contributed by atoms with E-state index in [1.165, 1.54) is 44.9 Å². The van der Waals surface area contributed by atoms with Gasteiger partial charge in [-0.3, -0.25) is 0 Å². The molecule has 0 amide bonds. The third-order valence-corrected chi connectivity index (χ3v) is 5.49. The lowest BCUT2D eigenvalue weighted by Gasteiger charge is -2.33. The van der Waals surface area contributed by atoms with Gasteiger partial charge < -0.3 is 5.32 Å². The van der Waals surface area contributed by atoms with Gasteiger partial charge in [0.25, 0.3) is 0 Å². The molecular formula is C19H29N. The van der Waals surface area contributed by atoms with Crippen molar-refractivity contribution in [2.45, 2.75) is 76.8 Å². The predicted octanol–water partition coefficient (Wildman–Crippen LogP) is 5.18. The third-order valence-electron chi connectivity index (χ3n) is 5.49. The molecule has 0 saturated heterocycles. The maximum absolute atomic E-state index is 4.00. The Kier molecular flexibility index (Phi) is 4.45. The minimum atomic E-state index is 0.598. The highest BCUT2D eigenvalue weighted by atomic mass is 15.0. The van der Waals surface area contributed by atoms with Crippen LogP contribution in [0, 0.1) is 5.92 Å². The van der Waals surface area contributed by atoms with Crippen molar-refractivity contribution >= 4 is 0 Å². The van der Waals surface area contributed by atoms with Gasteiger partial charge in [-0.25, -0.2) is 0 Å². The zero-order valence-electron chi connectivity index (χ0n) is 13.1. The van der Waals surface area contributed by atoms with Crippen LogP contribution in [0.25, 0.3) is 0 Å². The second-order valence-corrected chi connectivity index (χ2v) is 7.14. The van der Waals surface area contributed by atoms with Gasteiger partial charge in [0, 0.05) is 12.1 Å². The van der Waals surface area contributed by atoms with Crippen LogP contribution in [-0.4, -0.2) is 6.04 Å². The lowest BCUT2D eigenvalue weighted by molar-refractivity contribution is 0.354. The van der Waals surface area contributed by atoms with Gasteiger partial charge in [0.05, 0.1) is 0 Å². The van der Waals surface area contributed by atoms with Crippen molar-refractivity contribution in [2.75, 3.05) is 0 Å². The zero-order chi connectivity index (χ0) is 13.9. The van der Waals surface area contributed by atoms with E-state index in [2.05, 4.69) is 43.4 Å². The van der Waals surface area contributed by atoms with Crippen molar-refractivity contribution in [3.8, 4) is 0 Å². The summed E-state index contributed by atoms with van der Waals surface area (Å²) >= 11 is 0. The highest BCUT2D eigenvalue weighted by Crippen LogP contribution is 2.38. The molecule has 0 aromatic heterocycles. The lowest BCUT2D eigenvalue weighted by Crippen LogP contribution is -2.34. The number of hydrogen-bond acceptors (Lipinski definition) is 1. The molecule has 0 radical (unpaired) electrons. The first-order valence-corrected chi connectivity index (χ1v) is 8.59. The van der Waals surface area contributed by atoms with E-state index in [9.17, 15) is 0 Å². The van der Waals surface area contributed by atoms with Crippen LogP contribution in [-0.2, 0) is 0 Å². The average Bonchev–Trinajstić information content (AvgIpc) is 2.67. The summed E-state index contributed by atoms with van der Waals surface area (Å²) in [5, 5.41) is 4.00. The summed E-state index contributed by atoms with van der Waals surface area (Å²) in [7, 11) is 0. The third kappa shape index (κ3) is 3.09. The molecule has 0 aliphatic heterocycles. The quantitative estimate of drug-likeness (QED) is 0.730. The van der Waals surface area contributed by atoms with E-state index in [-0.39, 0.29) is 0 Å². The van der Waals surface area contributed by atoms with Crippen LogP contribution in [0.15, 0.2) is 24.3 Å². The second kappa shape index (κ2) is 6.30. The van der Waals surface area contributed by atoms with E-state index >= 15 is 0 Å². The number of fused-ring (bicyclic) bond motifs is 1. The summed E-state index contributed by atoms with van der Waals surface area (Å²) in [6, 6.07) is 10.4. The van der Waals surface area contributed by atoms with E-state index in [1.807, 2.05) is 0 Å². The summed E-state index contributed by atoms with van der Waals surface area (Å²) in [6.07, 6.45) is 9.62. The van der Waals surface area contributed by atoms with E-state index < -0.39 is 0 Å². The lowest BCUT2D eigenvalue weighted by atomic mass is 9.80. The number of nitrogens with one attached hydrogen (secondary N) is 1. The van der Waals surface area contributed by atoms with Gasteiger partial charge in [-0.1, -0.05) is 51.0 Å². The molecule has 0 bridgehead atoms. The summed E-state index contributed by atoms with van der Waals surface area (Å²) in [5.41, 5.74) is 3.15. The van der Waals surface area contributed by atoms with Crippen molar-refractivity contribution in [3.63, 3.8) is 0 Å². The molecule has 2 aliphatic rings. The van der Waals surface area contributed by atoms with Gasteiger partial charge in [0.15, 0.2) is 0 Å². The van der Waals surface area contributed by atoms with Crippen LogP contribution in [0.5, 0.6) is 0 Å². The zero-order valence-corrected chi connectivity index (χ0v) is 13.1. The van der Waals surface area contributed by atoms with Crippen LogP contribution in [0.1, 0.15) is 81.9 Å². The Morgan fingerprint density at radius 2 is 1.65 bits per heavy atom. The van der Waals surface area contributed by atoms with Crippen molar-refractivity contribution in [2.24, 2.45) is 5.92 Å². The highest BCUT2D eigenvalue weighted by molar-refractivity contribution is 5.35. The second-order valence-electron chi connectivity index (χ2n) is 7.14. The Bertz CT molecular complexity index is 439. The molecule has 1 aromatic rings. The van der Waals surface area contributed by atoms with E-state index in [0.29, 0.717) is 6.04 Å². The minimum Gasteiger partial charge on any atom is -0.307 e. The number of hydrogen-bond donors (Lipinski definition) is 1. The SMILES string of the molecule is CC1CCCC(NC2CCC(C)c3ccccc32)CC1. The molecule has 1 N–H and O–H groups in total. The van der Waals surface area contributed by atoms with E-state index in [0.717, 1.165) is 17.9 Å². The Labute approximate surface area is 124 Å². The summed E-state index contributed by atoms with van der Waals surface area (Å²) in [4.78, 5) is 0. The number of rotatable bonds is 2.